The third-order valence-electron chi connectivity index (χ3n) is 4.27. The van der Waals surface area contributed by atoms with E-state index in [1.165, 1.54) is 5.56 Å². The second-order valence-corrected chi connectivity index (χ2v) is 6.70. The lowest BCUT2D eigenvalue weighted by molar-refractivity contribution is -0.123. The van der Waals surface area contributed by atoms with E-state index in [1.54, 1.807) is 6.20 Å². The van der Waals surface area contributed by atoms with Gasteiger partial charge in [-0.25, -0.2) is 0 Å². The van der Waals surface area contributed by atoms with Crippen molar-refractivity contribution < 1.29 is 9.53 Å². The molecule has 27 heavy (non-hydrogen) atoms. The topological polar surface area (TPSA) is 56.1 Å². The molecule has 1 amide bonds. The van der Waals surface area contributed by atoms with Crippen LogP contribution in [0.4, 0.5) is 0 Å². The van der Waals surface area contributed by atoms with Gasteiger partial charge in [-0.1, -0.05) is 55.5 Å². The van der Waals surface area contributed by atoms with Gasteiger partial charge in [0.1, 0.15) is 5.75 Å². The van der Waals surface area contributed by atoms with Crippen LogP contribution in [-0.4, -0.2) is 28.8 Å². The Bertz CT molecular complexity index is 832. The number of hydrogen-bond acceptors (Lipinski definition) is 3. The van der Waals surface area contributed by atoms with E-state index in [0.717, 1.165) is 24.3 Å². The molecule has 1 aromatic heterocycles. The zero-order valence-electron chi connectivity index (χ0n) is 15.5. The predicted molar refractivity (Wildman–Crippen MR) is 106 cm³/mol. The molecule has 3 aromatic rings. The summed E-state index contributed by atoms with van der Waals surface area (Å²) >= 11 is 0. The highest BCUT2D eigenvalue weighted by Crippen LogP contribution is 2.21. The van der Waals surface area contributed by atoms with Gasteiger partial charge in [0.2, 0.25) is 0 Å². The largest absolute Gasteiger partial charge is 0.483 e. The lowest BCUT2D eigenvalue weighted by atomic mass is 10.0. The van der Waals surface area contributed by atoms with Crippen LogP contribution in [0, 0.1) is 5.92 Å². The minimum atomic E-state index is -0.114. The summed E-state index contributed by atoms with van der Waals surface area (Å²) in [6.07, 6.45) is 4.46. The van der Waals surface area contributed by atoms with Gasteiger partial charge in [0.05, 0.1) is 0 Å². The van der Waals surface area contributed by atoms with Gasteiger partial charge in [0, 0.05) is 31.9 Å². The molecule has 1 N–H and O–H groups in total. The number of nitrogens with zero attached hydrogens (tertiary/aromatic N) is 2. The molecular weight excluding hydrogens is 338 g/mol. The highest BCUT2D eigenvalue weighted by Gasteiger charge is 2.09. The summed E-state index contributed by atoms with van der Waals surface area (Å²) in [6.45, 7) is 3.46. The number of amides is 1. The molecule has 1 atom stereocenters. The number of hydrogen-bond donors (Lipinski definition) is 1. The summed E-state index contributed by atoms with van der Waals surface area (Å²) in [5.74, 6) is 0.928. The Hall–Kier alpha value is -3.08. The zero-order valence-corrected chi connectivity index (χ0v) is 15.5. The Labute approximate surface area is 160 Å². The molecule has 0 bridgehead atoms. The van der Waals surface area contributed by atoms with Gasteiger partial charge >= 0.3 is 0 Å². The van der Waals surface area contributed by atoms with Crippen molar-refractivity contribution >= 4 is 5.91 Å². The van der Waals surface area contributed by atoms with Crippen LogP contribution in [0.15, 0.2) is 73.1 Å². The smallest absolute Gasteiger partial charge is 0.257 e. The quantitative estimate of drug-likeness (QED) is 0.635. The van der Waals surface area contributed by atoms with Crippen molar-refractivity contribution in [3.8, 4) is 5.75 Å². The number of nitrogens with one attached hydrogen (secondary N) is 1. The SMILES string of the molecule is CC(CNC(=O)COc1ccccc1Cc1ccccc1)Cn1cccn1. The first kappa shape index (κ1) is 18.7. The summed E-state index contributed by atoms with van der Waals surface area (Å²) in [4.78, 5) is 12.1. The zero-order chi connectivity index (χ0) is 18.9. The molecule has 5 heteroatoms. The fourth-order valence-electron chi connectivity index (χ4n) is 2.88. The number of para-hydroxylation sites is 1. The van der Waals surface area contributed by atoms with E-state index < -0.39 is 0 Å². The molecule has 0 saturated heterocycles. The fourth-order valence-corrected chi connectivity index (χ4v) is 2.88. The second kappa shape index (κ2) is 9.57. The second-order valence-electron chi connectivity index (χ2n) is 6.70. The highest BCUT2D eigenvalue weighted by atomic mass is 16.5. The van der Waals surface area contributed by atoms with E-state index in [-0.39, 0.29) is 12.5 Å². The fraction of sp³-hybridized carbons (Fsp3) is 0.273. The highest BCUT2D eigenvalue weighted by molar-refractivity contribution is 5.77. The van der Waals surface area contributed by atoms with Gasteiger partial charge in [-0.3, -0.25) is 9.48 Å². The monoisotopic (exact) mass is 363 g/mol. The molecule has 0 aliphatic rings. The summed E-state index contributed by atoms with van der Waals surface area (Å²) in [5.41, 5.74) is 2.29. The summed E-state index contributed by atoms with van der Waals surface area (Å²) < 4.78 is 7.65. The van der Waals surface area contributed by atoms with Crippen LogP contribution in [0.1, 0.15) is 18.1 Å². The van der Waals surface area contributed by atoms with Gasteiger partial charge in [-0.15, -0.1) is 0 Å². The van der Waals surface area contributed by atoms with Crippen molar-refractivity contribution in [2.24, 2.45) is 5.92 Å². The molecule has 0 aliphatic carbocycles. The van der Waals surface area contributed by atoms with Crippen LogP contribution in [0.2, 0.25) is 0 Å². The summed E-state index contributed by atoms with van der Waals surface area (Å²) in [7, 11) is 0. The Morgan fingerprint density at radius 2 is 1.89 bits per heavy atom. The number of carbonyl (C=O) groups excluding carboxylic acids is 1. The minimum absolute atomic E-state index is 0.0142. The third-order valence-corrected chi connectivity index (χ3v) is 4.27. The van der Waals surface area contributed by atoms with E-state index in [9.17, 15) is 4.79 Å². The van der Waals surface area contributed by atoms with Gasteiger partial charge in [0.15, 0.2) is 6.61 Å². The normalized spacial score (nSPS) is 11.7. The lowest BCUT2D eigenvalue weighted by Crippen LogP contribution is -2.33. The number of ether oxygens (including phenoxy) is 1. The summed E-state index contributed by atoms with van der Waals surface area (Å²) in [6, 6.07) is 20.0. The maximum Gasteiger partial charge on any atom is 0.257 e. The molecule has 0 spiro atoms. The maximum atomic E-state index is 12.1. The van der Waals surface area contributed by atoms with E-state index in [2.05, 4.69) is 29.5 Å². The van der Waals surface area contributed by atoms with Gasteiger partial charge in [-0.05, 0) is 29.2 Å². The van der Waals surface area contributed by atoms with E-state index in [0.29, 0.717) is 12.5 Å². The average molecular weight is 363 g/mol. The van der Waals surface area contributed by atoms with E-state index in [1.807, 2.05) is 59.4 Å². The molecule has 2 aromatic carbocycles. The minimum Gasteiger partial charge on any atom is -0.483 e. The average Bonchev–Trinajstić information content (AvgIpc) is 3.19. The van der Waals surface area contributed by atoms with Gasteiger partial charge < -0.3 is 10.1 Å². The molecule has 1 heterocycles. The molecule has 0 aliphatic heterocycles. The van der Waals surface area contributed by atoms with Crippen LogP contribution in [0.25, 0.3) is 0 Å². The lowest BCUT2D eigenvalue weighted by Gasteiger charge is -2.14. The maximum absolute atomic E-state index is 12.1. The predicted octanol–water partition coefficient (Wildman–Crippen LogP) is 3.31. The molecule has 5 nitrogen and oxygen atoms in total. The van der Waals surface area contributed by atoms with E-state index >= 15 is 0 Å². The van der Waals surface area contributed by atoms with Gasteiger partial charge in [0.25, 0.3) is 5.91 Å². The molecule has 140 valence electrons. The number of aromatic nitrogens is 2. The van der Waals surface area contributed by atoms with Gasteiger partial charge in [-0.2, -0.15) is 5.10 Å². The summed E-state index contributed by atoms with van der Waals surface area (Å²) in [5, 5.41) is 7.11. The van der Waals surface area contributed by atoms with Crippen LogP contribution in [0.3, 0.4) is 0 Å². The molecule has 1 unspecified atom stereocenters. The van der Waals surface area contributed by atoms with Crippen molar-refractivity contribution in [3.05, 3.63) is 84.2 Å². The Morgan fingerprint density at radius 1 is 1.11 bits per heavy atom. The Morgan fingerprint density at radius 3 is 2.67 bits per heavy atom. The first-order valence-electron chi connectivity index (χ1n) is 9.19. The van der Waals surface area contributed by atoms with Crippen molar-refractivity contribution in [2.75, 3.05) is 13.2 Å². The van der Waals surface area contributed by atoms with Crippen molar-refractivity contribution in [1.29, 1.82) is 0 Å². The standard InChI is InChI=1S/C22H25N3O2/c1-18(16-25-13-7-12-24-25)15-23-22(26)17-27-21-11-6-5-10-20(21)14-19-8-3-2-4-9-19/h2-13,18H,14-17H2,1H3,(H,23,26). The number of benzene rings is 2. The first-order chi connectivity index (χ1) is 13.2. The Kier molecular flexibility index (Phi) is 6.63. The van der Waals surface area contributed by atoms with Crippen molar-refractivity contribution in [2.45, 2.75) is 19.9 Å². The molecule has 0 saturated carbocycles. The van der Waals surface area contributed by atoms with Crippen LogP contribution in [-0.2, 0) is 17.8 Å². The van der Waals surface area contributed by atoms with Crippen molar-refractivity contribution in [1.82, 2.24) is 15.1 Å². The molecule has 0 fully saturated rings. The van der Waals surface area contributed by atoms with Crippen molar-refractivity contribution in [3.63, 3.8) is 0 Å². The molecular formula is C22H25N3O2. The van der Waals surface area contributed by atoms with Crippen LogP contribution < -0.4 is 10.1 Å². The molecule has 0 radical (unpaired) electrons. The van der Waals surface area contributed by atoms with E-state index in [4.69, 9.17) is 4.74 Å². The van der Waals surface area contributed by atoms with Crippen LogP contribution in [0.5, 0.6) is 5.75 Å². The number of carbonyl (C=O) groups is 1. The van der Waals surface area contributed by atoms with Crippen LogP contribution >= 0.6 is 0 Å². The number of rotatable bonds is 9. The first-order valence-corrected chi connectivity index (χ1v) is 9.19. The Balaban J connectivity index is 1.47. The molecule has 3 rings (SSSR count). The third kappa shape index (κ3) is 5.99.